The van der Waals surface area contributed by atoms with Crippen LogP contribution in [0.5, 0.6) is 0 Å². The maximum atomic E-state index is 12.3. The highest BCUT2D eigenvalue weighted by molar-refractivity contribution is 7.92. The first-order chi connectivity index (χ1) is 13.8. The number of anilines is 2. The molecular formula is C22H23ClN2O3S. The van der Waals surface area contributed by atoms with Crippen LogP contribution in [0.4, 0.5) is 11.4 Å². The Morgan fingerprint density at radius 3 is 2.48 bits per heavy atom. The van der Waals surface area contributed by atoms with Gasteiger partial charge >= 0.3 is 0 Å². The van der Waals surface area contributed by atoms with E-state index in [1.807, 2.05) is 42.5 Å². The number of amides is 1. The molecule has 1 N–H and O–H groups in total. The fourth-order valence-corrected chi connectivity index (χ4v) is 4.39. The highest BCUT2D eigenvalue weighted by atomic mass is 35.5. The molecule has 0 bridgehead atoms. The number of benzene rings is 3. The SMILES string of the molecule is Cc1c(Cl)cccc1N(CCCC(=O)Nc1ccc2ccccc2c1)S(C)(=O)=O. The minimum atomic E-state index is -3.50. The van der Waals surface area contributed by atoms with Crippen LogP contribution in [0, 0.1) is 6.92 Å². The van der Waals surface area contributed by atoms with Gasteiger partial charge in [-0.25, -0.2) is 8.42 Å². The molecule has 0 aromatic heterocycles. The maximum absolute atomic E-state index is 12.3. The molecule has 3 aromatic rings. The van der Waals surface area contributed by atoms with E-state index in [0.717, 1.165) is 22.7 Å². The van der Waals surface area contributed by atoms with Crippen LogP contribution in [0.1, 0.15) is 18.4 Å². The lowest BCUT2D eigenvalue weighted by Gasteiger charge is -2.24. The van der Waals surface area contributed by atoms with Gasteiger partial charge in [0.2, 0.25) is 15.9 Å². The molecular weight excluding hydrogens is 408 g/mol. The fourth-order valence-electron chi connectivity index (χ4n) is 3.20. The van der Waals surface area contributed by atoms with Crippen molar-refractivity contribution < 1.29 is 13.2 Å². The van der Waals surface area contributed by atoms with E-state index in [4.69, 9.17) is 11.6 Å². The van der Waals surface area contributed by atoms with E-state index in [9.17, 15) is 13.2 Å². The number of nitrogens with zero attached hydrogens (tertiary/aromatic N) is 1. The first kappa shape index (κ1) is 21.1. The number of rotatable bonds is 7. The summed E-state index contributed by atoms with van der Waals surface area (Å²) in [6, 6.07) is 18.8. The van der Waals surface area contributed by atoms with Crippen molar-refractivity contribution in [2.45, 2.75) is 19.8 Å². The molecule has 0 aliphatic heterocycles. The number of carbonyl (C=O) groups is 1. The molecule has 1 amide bonds. The predicted molar refractivity (Wildman–Crippen MR) is 120 cm³/mol. The van der Waals surface area contributed by atoms with Gasteiger partial charge < -0.3 is 5.32 Å². The molecule has 152 valence electrons. The molecule has 0 fully saturated rings. The summed E-state index contributed by atoms with van der Waals surface area (Å²) < 4.78 is 25.8. The molecule has 0 aliphatic rings. The second-order valence-electron chi connectivity index (χ2n) is 6.93. The van der Waals surface area contributed by atoms with Crippen molar-refractivity contribution in [1.82, 2.24) is 0 Å². The molecule has 0 aliphatic carbocycles. The minimum absolute atomic E-state index is 0.156. The summed E-state index contributed by atoms with van der Waals surface area (Å²) in [5.41, 5.74) is 1.95. The van der Waals surface area contributed by atoms with Crippen LogP contribution >= 0.6 is 11.6 Å². The van der Waals surface area contributed by atoms with Crippen LogP contribution in [0.2, 0.25) is 5.02 Å². The van der Waals surface area contributed by atoms with Crippen molar-refractivity contribution in [2.24, 2.45) is 0 Å². The normalized spacial score (nSPS) is 11.4. The summed E-state index contributed by atoms with van der Waals surface area (Å²) in [5.74, 6) is -0.156. The minimum Gasteiger partial charge on any atom is -0.326 e. The number of fused-ring (bicyclic) bond motifs is 1. The van der Waals surface area contributed by atoms with Crippen molar-refractivity contribution in [2.75, 3.05) is 22.4 Å². The number of hydrogen-bond donors (Lipinski definition) is 1. The van der Waals surface area contributed by atoms with Crippen LogP contribution in [0.25, 0.3) is 10.8 Å². The van der Waals surface area contributed by atoms with Gasteiger partial charge in [-0.15, -0.1) is 0 Å². The summed E-state index contributed by atoms with van der Waals surface area (Å²) in [7, 11) is -3.50. The molecule has 0 saturated heterocycles. The van der Waals surface area contributed by atoms with Gasteiger partial charge in [-0.1, -0.05) is 48.0 Å². The number of halogens is 1. The van der Waals surface area contributed by atoms with Gasteiger partial charge in [0.05, 0.1) is 11.9 Å². The zero-order chi connectivity index (χ0) is 21.0. The van der Waals surface area contributed by atoms with Crippen LogP contribution in [0.15, 0.2) is 60.7 Å². The average Bonchev–Trinajstić information content (AvgIpc) is 2.67. The van der Waals surface area contributed by atoms with Gasteiger partial charge in [-0.3, -0.25) is 9.10 Å². The molecule has 0 spiro atoms. The molecule has 0 radical (unpaired) electrons. The second kappa shape index (κ2) is 8.84. The monoisotopic (exact) mass is 430 g/mol. The van der Waals surface area contributed by atoms with Crippen molar-refractivity contribution in [3.05, 3.63) is 71.2 Å². The third-order valence-corrected chi connectivity index (χ3v) is 6.30. The summed E-state index contributed by atoms with van der Waals surface area (Å²) in [4.78, 5) is 12.3. The Morgan fingerprint density at radius 1 is 1.03 bits per heavy atom. The lowest BCUT2D eigenvalue weighted by atomic mass is 10.1. The zero-order valence-corrected chi connectivity index (χ0v) is 17.9. The summed E-state index contributed by atoms with van der Waals surface area (Å²) in [6.45, 7) is 1.98. The molecule has 7 heteroatoms. The molecule has 3 aromatic carbocycles. The van der Waals surface area contributed by atoms with E-state index in [-0.39, 0.29) is 18.9 Å². The second-order valence-corrected chi connectivity index (χ2v) is 9.25. The highest BCUT2D eigenvalue weighted by Crippen LogP contribution is 2.28. The maximum Gasteiger partial charge on any atom is 0.232 e. The Hall–Kier alpha value is -2.57. The van der Waals surface area contributed by atoms with E-state index >= 15 is 0 Å². The highest BCUT2D eigenvalue weighted by Gasteiger charge is 2.20. The van der Waals surface area contributed by atoms with E-state index in [2.05, 4.69) is 5.32 Å². The van der Waals surface area contributed by atoms with Gasteiger partial charge in [-0.2, -0.15) is 0 Å². The Balaban J connectivity index is 1.64. The lowest BCUT2D eigenvalue weighted by Crippen LogP contribution is -2.32. The quantitative estimate of drug-likeness (QED) is 0.574. The first-order valence-electron chi connectivity index (χ1n) is 9.27. The smallest absolute Gasteiger partial charge is 0.232 e. The average molecular weight is 431 g/mol. The molecule has 29 heavy (non-hydrogen) atoms. The molecule has 5 nitrogen and oxygen atoms in total. The van der Waals surface area contributed by atoms with Gasteiger partial charge in [0.1, 0.15) is 0 Å². The number of sulfonamides is 1. The summed E-state index contributed by atoms with van der Waals surface area (Å²) in [6.07, 6.45) is 1.75. The fraction of sp³-hybridized carbons (Fsp3) is 0.227. The molecule has 0 atom stereocenters. The summed E-state index contributed by atoms with van der Waals surface area (Å²) >= 11 is 6.14. The van der Waals surface area contributed by atoms with Crippen molar-refractivity contribution in [1.29, 1.82) is 0 Å². The van der Waals surface area contributed by atoms with E-state index in [1.165, 1.54) is 4.31 Å². The first-order valence-corrected chi connectivity index (χ1v) is 11.5. The van der Waals surface area contributed by atoms with Crippen molar-refractivity contribution in [3.8, 4) is 0 Å². The number of nitrogens with one attached hydrogen (secondary N) is 1. The third-order valence-electron chi connectivity index (χ3n) is 4.71. The summed E-state index contributed by atoms with van der Waals surface area (Å²) in [5, 5.41) is 5.53. The predicted octanol–water partition coefficient (Wildman–Crippen LogP) is 4.99. The molecule has 3 rings (SSSR count). The van der Waals surface area contributed by atoms with E-state index in [1.54, 1.807) is 25.1 Å². The van der Waals surface area contributed by atoms with Gasteiger partial charge in [0.25, 0.3) is 0 Å². The van der Waals surface area contributed by atoms with Crippen LogP contribution in [0.3, 0.4) is 0 Å². The lowest BCUT2D eigenvalue weighted by molar-refractivity contribution is -0.116. The van der Waals surface area contributed by atoms with Gasteiger partial charge in [0, 0.05) is 23.7 Å². The Morgan fingerprint density at radius 2 is 1.76 bits per heavy atom. The van der Waals surface area contributed by atoms with Crippen LogP contribution < -0.4 is 9.62 Å². The molecule has 0 saturated carbocycles. The molecule has 0 heterocycles. The van der Waals surface area contributed by atoms with Gasteiger partial charge in [-0.05, 0) is 53.9 Å². The van der Waals surface area contributed by atoms with Crippen molar-refractivity contribution in [3.63, 3.8) is 0 Å². The third kappa shape index (κ3) is 5.28. The van der Waals surface area contributed by atoms with Crippen molar-refractivity contribution >= 4 is 49.7 Å². The molecule has 0 unspecified atom stereocenters. The number of carbonyl (C=O) groups excluding carboxylic acids is 1. The van der Waals surface area contributed by atoms with E-state index in [0.29, 0.717) is 22.7 Å². The Kier molecular flexibility index (Phi) is 6.45. The Labute approximate surface area is 176 Å². The Bertz CT molecular complexity index is 1150. The zero-order valence-electron chi connectivity index (χ0n) is 16.4. The van der Waals surface area contributed by atoms with Gasteiger partial charge in [0.15, 0.2) is 0 Å². The largest absolute Gasteiger partial charge is 0.326 e. The van der Waals surface area contributed by atoms with Crippen LogP contribution in [-0.2, 0) is 14.8 Å². The standard InChI is InChI=1S/C22H23ClN2O3S/c1-16-20(23)9-5-10-21(16)25(29(2,27)28)14-6-11-22(26)24-19-13-12-17-7-3-4-8-18(17)15-19/h3-5,7-10,12-13,15H,6,11,14H2,1-2H3,(H,24,26). The van der Waals surface area contributed by atoms with Crippen LogP contribution in [-0.4, -0.2) is 27.1 Å². The topological polar surface area (TPSA) is 66.5 Å². The van der Waals surface area contributed by atoms with E-state index < -0.39 is 10.0 Å². The number of hydrogen-bond acceptors (Lipinski definition) is 3.